The lowest BCUT2D eigenvalue weighted by molar-refractivity contribution is 0.102. The Kier molecular flexibility index (Phi) is 3.39. The maximum Gasteiger partial charge on any atom is 0.255 e. The number of carbonyl (C=O) groups excluding carboxylic acids is 1. The Bertz CT molecular complexity index is 653. The highest BCUT2D eigenvalue weighted by Crippen LogP contribution is 2.26. The van der Waals surface area contributed by atoms with E-state index in [-0.39, 0.29) is 5.91 Å². The average Bonchev–Trinajstić information content (AvgIpc) is 2.94. The van der Waals surface area contributed by atoms with Gasteiger partial charge in [-0.05, 0) is 41.5 Å². The molecule has 1 aliphatic heterocycles. The van der Waals surface area contributed by atoms with Gasteiger partial charge in [0.05, 0.1) is 6.61 Å². The quantitative estimate of drug-likeness (QED) is 0.898. The fourth-order valence-electron chi connectivity index (χ4n) is 2.31. The average molecular weight is 268 g/mol. The highest BCUT2D eigenvalue weighted by atomic mass is 16.5. The van der Waals surface area contributed by atoms with E-state index in [0.29, 0.717) is 18.7 Å². The maximum absolute atomic E-state index is 12.2. The van der Waals surface area contributed by atoms with Crippen LogP contribution in [0.1, 0.15) is 21.5 Å². The lowest BCUT2D eigenvalue weighted by Gasteiger charge is -2.07. The summed E-state index contributed by atoms with van der Waals surface area (Å²) in [6.07, 6.45) is 0.860. The molecule has 1 heterocycles. The van der Waals surface area contributed by atoms with Gasteiger partial charge in [0.1, 0.15) is 5.75 Å². The van der Waals surface area contributed by atoms with Crippen LogP contribution in [0.5, 0.6) is 5.75 Å². The zero-order valence-corrected chi connectivity index (χ0v) is 11.1. The Morgan fingerprint density at radius 2 is 2.15 bits per heavy atom. The van der Waals surface area contributed by atoms with Crippen LogP contribution < -0.4 is 15.8 Å². The van der Waals surface area contributed by atoms with Crippen molar-refractivity contribution < 1.29 is 9.53 Å². The first kappa shape index (κ1) is 12.7. The smallest absolute Gasteiger partial charge is 0.255 e. The van der Waals surface area contributed by atoms with Crippen LogP contribution in [0.3, 0.4) is 0 Å². The summed E-state index contributed by atoms with van der Waals surface area (Å²) in [5.74, 6) is 0.764. The van der Waals surface area contributed by atoms with Gasteiger partial charge in [-0.2, -0.15) is 0 Å². The predicted octanol–water partition coefficient (Wildman–Crippen LogP) is 2.33. The van der Waals surface area contributed by atoms with E-state index in [0.717, 1.165) is 29.0 Å². The molecule has 0 unspecified atom stereocenters. The van der Waals surface area contributed by atoms with Crippen molar-refractivity contribution in [3.8, 4) is 5.75 Å². The van der Waals surface area contributed by atoms with E-state index < -0.39 is 0 Å². The summed E-state index contributed by atoms with van der Waals surface area (Å²) < 4.78 is 5.44. The number of ether oxygens (including phenoxy) is 1. The number of nitrogens with two attached hydrogens (primary N) is 1. The van der Waals surface area contributed by atoms with Crippen LogP contribution >= 0.6 is 0 Å². The molecule has 102 valence electrons. The molecule has 1 amide bonds. The third-order valence-corrected chi connectivity index (χ3v) is 3.37. The third kappa shape index (κ3) is 2.51. The zero-order valence-electron chi connectivity index (χ0n) is 11.1. The van der Waals surface area contributed by atoms with Crippen LogP contribution in [0, 0.1) is 0 Å². The molecule has 0 radical (unpaired) electrons. The van der Waals surface area contributed by atoms with E-state index >= 15 is 0 Å². The van der Waals surface area contributed by atoms with Gasteiger partial charge in [-0.1, -0.05) is 12.1 Å². The number of nitrogens with one attached hydrogen (secondary N) is 1. The second-order valence-corrected chi connectivity index (χ2v) is 4.78. The normalized spacial score (nSPS) is 12.7. The van der Waals surface area contributed by atoms with Gasteiger partial charge in [-0.3, -0.25) is 4.79 Å². The summed E-state index contributed by atoms with van der Waals surface area (Å²) in [6.45, 7) is 1.15. The molecule has 3 rings (SSSR count). The number of carbonyl (C=O) groups is 1. The summed E-state index contributed by atoms with van der Waals surface area (Å²) >= 11 is 0. The van der Waals surface area contributed by atoms with Gasteiger partial charge in [0.25, 0.3) is 5.91 Å². The first-order valence-corrected chi connectivity index (χ1v) is 6.62. The molecule has 1 aliphatic rings. The molecule has 0 aliphatic carbocycles. The summed E-state index contributed by atoms with van der Waals surface area (Å²) in [7, 11) is 0. The van der Waals surface area contributed by atoms with E-state index in [1.165, 1.54) is 0 Å². The Balaban J connectivity index is 1.79. The highest BCUT2D eigenvalue weighted by molar-refractivity contribution is 6.04. The van der Waals surface area contributed by atoms with Gasteiger partial charge in [0, 0.05) is 24.2 Å². The Morgan fingerprint density at radius 1 is 1.25 bits per heavy atom. The molecule has 0 fully saturated rings. The third-order valence-electron chi connectivity index (χ3n) is 3.37. The Labute approximate surface area is 117 Å². The van der Waals surface area contributed by atoms with Crippen LogP contribution in [-0.2, 0) is 13.0 Å². The molecule has 3 N–H and O–H groups in total. The van der Waals surface area contributed by atoms with Gasteiger partial charge in [-0.25, -0.2) is 0 Å². The minimum absolute atomic E-state index is 0.117. The lowest BCUT2D eigenvalue weighted by Crippen LogP contribution is -2.12. The first-order chi connectivity index (χ1) is 9.76. The van der Waals surface area contributed by atoms with Crippen molar-refractivity contribution >= 4 is 11.6 Å². The molecule has 20 heavy (non-hydrogen) atoms. The van der Waals surface area contributed by atoms with Crippen molar-refractivity contribution in [2.45, 2.75) is 13.0 Å². The van der Waals surface area contributed by atoms with Crippen molar-refractivity contribution in [2.24, 2.45) is 5.73 Å². The van der Waals surface area contributed by atoms with Crippen LogP contribution in [0.2, 0.25) is 0 Å². The fourth-order valence-corrected chi connectivity index (χ4v) is 2.31. The minimum Gasteiger partial charge on any atom is -0.493 e. The molecule has 2 aromatic carbocycles. The van der Waals surface area contributed by atoms with Crippen molar-refractivity contribution in [1.82, 2.24) is 0 Å². The second-order valence-electron chi connectivity index (χ2n) is 4.78. The van der Waals surface area contributed by atoms with Gasteiger partial charge >= 0.3 is 0 Å². The number of benzene rings is 2. The standard InChI is InChI=1S/C16H16N2O2/c17-10-11-2-1-3-14(8-11)18-16(19)13-4-5-15-12(9-13)6-7-20-15/h1-5,8-9H,6-7,10,17H2,(H,18,19). The molecule has 2 aromatic rings. The van der Waals surface area contributed by atoms with E-state index in [9.17, 15) is 4.79 Å². The number of hydrogen-bond acceptors (Lipinski definition) is 3. The van der Waals surface area contributed by atoms with Crippen LogP contribution in [0.4, 0.5) is 5.69 Å². The van der Waals surface area contributed by atoms with Crippen LogP contribution in [0.15, 0.2) is 42.5 Å². The maximum atomic E-state index is 12.2. The van der Waals surface area contributed by atoms with E-state index in [4.69, 9.17) is 10.5 Å². The molecular weight excluding hydrogens is 252 g/mol. The lowest BCUT2D eigenvalue weighted by atomic mass is 10.1. The van der Waals surface area contributed by atoms with Crippen LogP contribution in [0.25, 0.3) is 0 Å². The number of fused-ring (bicyclic) bond motifs is 1. The molecular formula is C16H16N2O2. The van der Waals surface area contributed by atoms with Gasteiger partial charge in [-0.15, -0.1) is 0 Å². The predicted molar refractivity (Wildman–Crippen MR) is 77.9 cm³/mol. The van der Waals surface area contributed by atoms with Crippen LogP contribution in [-0.4, -0.2) is 12.5 Å². The van der Waals surface area contributed by atoms with E-state index in [2.05, 4.69) is 5.32 Å². The molecule has 0 spiro atoms. The van der Waals surface area contributed by atoms with Crippen molar-refractivity contribution in [3.63, 3.8) is 0 Å². The zero-order chi connectivity index (χ0) is 13.9. The summed E-state index contributed by atoms with van der Waals surface area (Å²) in [5, 5.41) is 2.89. The first-order valence-electron chi connectivity index (χ1n) is 6.62. The van der Waals surface area contributed by atoms with Crippen molar-refractivity contribution in [3.05, 3.63) is 59.2 Å². The summed E-state index contributed by atoms with van der Waals surface area (Å²) in [5.41, 5.74) is 9.08. The number of rotatable bonds is 3. The molecule has 4 heteroatoms. The van der Waals surface area contributed by atoms with E-state index in [1.54, 1.807) is 6.07 Å². The molecule has 0 aromatic heterocycles. The number of amides is 1. The monoisotopic (exact) mass is 268 g/mol. The largest absolute Gasteiger partial charge is 0.493 e. The van der Waals surface area contributed by atoms with Crippen molar-refractivity contribution in [2.75, 3.05) is 11.9 Å². The highest BCUT2D eigenvalue weighted by Gasteiger charge is 2.15. The van der Waals surface area contributed by atoms with Gasteiger partial charge < -0.3 is 15.8 Å². The minimum atomic E-state index is -0.117. The fraction of sp³-hybridized carbons (Fsp3) is 0.188. The topological polar surface area (TPSA) is 64.3 Å². The summed E-state index contributed by atoms with van der Waals surface area (Å²) in [6, 6.07) is 13.1. The van der Waals surface area contributed by atoms with Gasteiger partial charge in [0.2, 0.25) is 0 Å². The van der Waals surface area contributed by atoms with Gasteiger partial charge in [0.15, 0.2) is 0 Å². The Morgan fingerprint density at radius 3 is 3.00 bits per heavy atom. The van der Waals surface area contributed by atoms with Crippen molar-refractivity contribution in [1.29, 1.82) is 0 Å². The summed E-state index contributed by atoms with van der Waals surface area (Å²) in [4.78, 5) is 12.2. The Hall–Kier alpha value is -2.33. The molecule has 0 bridgehead atoms. The SMILES string of the molecule is NCc1cccc(NC(=O)c2ccc3c(c2)CCO3)c1. The van der Waals surface area contributed by atoms with E-state index in [1.807, 2.05) is 36.4 Å². The number of anilines is 1. The molecule has 0 atom stereocenters. The molecule has 0 saturated heterocycles. The number of hydrogen-bond donors (Lipinski definition) is 2. The molecule has 4 nitrogen and oxygen atoms in total. The second kappa shape index (κ2) is 5.35. The molecule has 0 saturated carbocycles.